The molecule has 0 spiro atoms. The number of nitrogens with zero attached hydrogens (tertiary/aromatic N) is 3. The number of aryl methyl sites for hydroxylation is 1. The lowest BCUT2D eigenvalue weighted by Crippen LogP contribution is -2.33. The van der Waals surface area contributed by atoms with Crippen molar-refractivity contribution in [2.45, 2.75) is 43.9 Å². The summed E-state index contributed by atoms with van der Waals surface area (Å²) in [6, 6.07) is 0. The molecule has 1 aliphatic rings. The van der Waals surface area contributed by atoms with Gasteiger partial charge in [-0.1, -0.05) is 19.3 Å². The Balaban J connectivity index is 2.20. The summed E-state index contributed by atoms with van der Waals surface area (Å²) in [6.45, 7) is 2.29. The van der Waals surface area contributed by atoms with E-state index in [-0.39, 0.29) is 10.7 Å². The predicted molar refractivity (Wildman–Crippen MR) is 78.7 cm³/mol. The fourth-order valence-electron chi connectivity index (χ4n) is 2.92. The van der Waals surface area contributed by atoms with E-state index in [1.54, 1.807) is 21.0 Å². The quantitative estimate of drug-likeness (QED) is 0.914. The van der Waals surface area contributed by atoms with Gasteiger partial charge in [0, 0.05) is 20.6 Å². The molecule has 1 aromatic rings. The number of anilines is 1. The van der Waals surface area contributed by atoms with E-state index in [0.29, 0.717) is 18.2 Å². The van der Waals surface area contributed by atoms with Crippen molar-refractivity contribution >= 4 is 15.8 Å². The highest BCUT2D eigenvalue weighted by Crippen LogP contribution is 2.28. The van der Waals surface area contributed by atoms with Crippen molar-refractivity contribution in [1.82, 2.24) is 14.1 Å². The third kappa shape index (κ3) is 2.83. The molecule has 114 valence electrons. The number of aromatic nitrogens is 2. The van der Waals surface area contributed by atoms with E-state index < -0.39 is 10.0 Å². The number of sulfonamides is 1. The summed E-state index contributed by atoms with van der Waals surface area (Å²) in [5.74, 6) is 0.544. The molecule has 0 bridgehead atoms. The van der Waals surface area contributed by atoms with Gasteiger partial charge in [-0.3, -0.25) is 4.68 Å². The zero-order chi connectivity index (χ0) is 14.9. The molecule has 0 aliphatic heterocycles. The normalized spacial score (nSPS) is 17.8. The Hall–Kier alpha value is -1.08. The molecule has 6 nitrogen and oxygen atoms in total. The smallest absolute Gasteiger partial charge is 0.248 e. The van der Waals surface area contributed by atoms with Gasteiger partial charge >= 0.3 is 0 Å². The summed E-state index contributed by atoms with van der Waals surface area (Å²) >= 11 is 0. The lowest BCUT2D eigenvalue weighted by Gasteiger charge is -2.26. The molecule has 1 aromatic heterocycles. The highest BCUT2D eigenvalue weighted by Gasteiger charge is 2.30. The summed E-state index contributed by atoms with van der Waals surface area (Å²) in [6.07, 6.45) is 5.89. The molecule has 1 fully saturated rings. The molecular weight excluding hydrogens is 276 g/mol. The molecule has 1 aliphatic carbocycles. The van der Waals surface area contributed by atoms with Gasteiger partial charge in [0.1, 0.15) is 4.90 Å². The van der Waals surface area contributed by atoms with Crippen LogP contribution >= 0.6 is 0 Å². The Labute approximate surface area is 121 Å². The minimum atomic E-state index is -3.55. The van der Waals surface area contributed by atoms with Crippen LogP contribution in [0.4, 0.5) is 5.82 Å². The molecule has 0 unspecified atom stereocenters. The van der Waals surface area contributed by atoms with Gasteiger partial charge in [-0.2, -0.15) is 5.10 Å². The second-order valence-electron chi connectivity index (χ2n) is 5.71. The standard InChI is InChI=1S/C13H24N4O2S/c1-10-12(13(14)15-17(10)3)20(18,19)16(2)9-11-7-5-4-6-8-11/h11H,4-9H2,1-3H3,(H2,14,15). The molecule has 20 heavy (non-hydrogen) atoms. The molecule has 2 rings (SSSR count). The maximum absolute atomic E-state index is 12.7. The number of rotatable bonds is 4. The second kappa shape index (κ2) is 5.73. The van der Waals surface area contributed by atoms with Crippen molar-refractivity contribution < 1.29 is 8.42 Å². The van der Waals surface area contributed by atoms with Crippen LogP contribution in [0.25, 0.3) is 0 Å². The summed E-state index contributed by atoms with van der Waals surface area (Å²) in [7, 11) is -0.219. The zero-order valence-electron chi connectivity index (χ0n) is 12.5. The van der Waals surface area contributed by atoms with Crippen LogP contribution in [0.3, 0.4) is 0 Å². The Morgan fingerprint density at radius 2 is 1.95 bits per heavy atom. The number of hydrogen-bond donors (Lipinski definition) is 1. The minimum absolute atomic E-state index is 0.0838. The molecule has 0 radical (unpaired) electrons. The van der Waals surface area contributed by atoms with Gasteiger partial charge in [0.15, 0.2) is 5.82 Å². The van der Waals surface area contributed by atoms with Crippen LogP contribution in [-0.2, 0) is 17.1 Å². The van der Waals surface area contributed by atoms with Crippen LogP contribution < -0.4 is 5.73 Å². The third-order valence-corrected chi connectivity index (χ3v) is 6.20. The monoisotopic (exact) mass is 300 g/mol. The Bertz CT molecular complexity index is 573. The topological polar surface area (TPSA) is 81.2 Å². The van der Waals surface area contributed by atoms with Gasteiger partial charge in [0.2, 0.25) is 10.0 Å². The van der Waals surface area contributed by atoms with E-state index in [0.717, 1.165) is 12.8 Å². The van der Waals surface area contributed by atoms with E-state index in [9.17, 15) is 8.42 Å². The van der Waals surface area contributed by atoms with E-state index in [1.807, 2.05) is 0 Å². The SMILES string of the molecule is Cc1c(S(=O)(=O)N(C)CC2CCCCC2)c(N)nn1C. The Morgan fingerprint density at radius 1 is 1.35 bits per heavy atom. The van der Waals surface area contributed by atoms with E-state index in [1.165, 1.54) is 28.2 Å². The molecule has 0 atom stereocenters. The summed E-state index contributed by atoms with van der Waals surface area (Å²) < 4.78 is 28.3. The van der Waals surface area contributed by atoms with Crippen molar-refractivity contribution in [2.75, 3.05) is 19.3 Å². The van der Waals surface area contributed by atoms with Gasteiger partial charge in [0.05, 0.1) is 5.69 Å². The fourth-order valence-corrected chi connectivity index (χ4v) is 4.45. The minimum Gasteiger partial charge on any atom is -0.381 e. The molecule has 0 amide bonds. The number of nitrogen functional groups attached to an aromatic ring is 1. The van der Waals surface area contributed by atoms with Crippen molar-refractivity contribution in [1.29, 1.82) is 0 Å². The molecule has 0 saturated heterocycles. The van der Waals surface area contributed by atoms with E-state index >= 15 is 0 Å². The Morgan fingerprint density at radius 3 is 2.45 bits per heavy atom. The van der Waals surface area contributed by atoms with Crippen LogP contribution in [0.5, 0.6) is 0 Å². The molecular formula is C13H24N4O2S. The first-order chi connectivity index (χ1) is 9.34. The molecule has 7 heteroatoms. The average molecular weight is 300 g/mol. The first kappa shape index (κ1) is 15.3. The average Bonchev–Trinajstić information content (AvgIpc) is 2.64. The lowest BCUT2D eigenvalue weighted by atomic mass is 9.89. The van der Waals surface area contributed by atoms with Gasteiger partial charge in [0.25, 0.3) is 0 Å². The van der Waals surface area contributed by atoms with Gasteiger partial charge in [-0.15, -0.1) is 0 Å². The molecule has 2 N–H and O–H groups in total. The van der Waals surface area contributed by atoms with Crippen LogP contribution in [0, 0.1) is 12.8 Å². The first-order valence-corrected chi connectivity index (χ1v) is 8.53. The second-order valence-corrected chi connectivity index (χ2v) is 7.69. The van der Waals surface area contributed by atoms with Crippen LogP contribution in [0.15, 0.2) is 4.90 Å². The van der Waals surface area contributed by atoms with Gasteiger partial charge in [-0.25, -0.2) is 12.7 Å². The van der Waals surface area contributed by atoms with E-state index in [2.05, 4.69) is 5.10 Å². The third-order valence-electron chi connectivity index (χ3n) is 4.21. The zero-order valence-corrected chi connectivity index (χ0v) is 13.3. The first-order valence-electron chi connectivity index (χ1n) is 7.09. The van der Waals surface area contributed by atoms with E-state index in [4.69, 9.17) is 5.73 Å². The van der Waals surface area contributed by atoms with Crippen molar-refractivity contribution in [2.24, 2.45) is 13.0 Å². The molecule has 1 heterocycles. The summed E-state index contributed by atoms with van der Waals surface area (Å²) in [5.41, 5.74) is 6.34. The van der Waals surface area contributed by atoms with Crippen LogP contribution in [-0.4, -0.2) is 36.1 Å². The summed E-state index contributed by atoms with van der Waals surface area (Å²) in [4.78, 5) is 0.151. The lowest BCUT2D eigenvalue weighted by molar-refractivity contribution is 0.300. The number of hydrogen-bond acceptors (Lipinski definition) is 4. The summed E-state index contributed by atoms with van der Waals surface area (Å²) in [5, 5.41) is 3.99. The van der Waals surface area contributed by atoms with Crippen LogP contribution in [0.2, 0.25) is 0 Å². The van der Waals surface area contributed by atoms with Crippen molar-refractivity contribution in [3.05, 3.63) is 5.69 Å². The van der Waals surface area contributed by atoms with Crippen molar-refractivity contribution in [3.63, 3.8) is 0 Å². The predicted octanol–water partition coefficient (Wildman–Crippen LogP) is 1.51. The number of nitrogens with two attached hydrogens (primary N) is 1. The maximum Gasteiger partial charge on any atom is 0.248 e. The largest absolute Gasteiger partial charge is 0.381 e. The van der Waals surface area contributed by atoms with Crippen LogP contribution in [0.1, 0.15) is 37.8 Å². The molecule has 0 aromatic carbocycles. The fraction of sp³-hybridized carbons (Fsp3) is 0.769. The van der Waals surface area contributed by atoms with Gasteiger partial charge < -0.3 is 5.73 Å². The Kier molecular flexibility index (Phi) is 4.39. The molecule has 1 saturated carbocycles. The highest BCUT2D eigenvalue weighted by atomic mass is 32.2. The van der Waals surface area contributed by atoms with Gasteiger partial charge in [-0.05, 0) is 25.7 Å². The van der Waals surface area contributed by atoms with Crippen molar-refractivity contribution in [3.8, 4) is 0 Å². The maximum atomic E-state index is 12.7. The highest BCUT2D eigenvalue weighted by molar-refractivity contribution is 7.89.